The summed E-state index contributed by atoms with van der Waals surface area (Å²) < 4.78 is 4.75. The molecule has 0 saturated carbocycles. The predicted octanol–water partition coefficient (Wildman–Crippen LogP) is 0.875. The maximum Gasteiger partial charge on any atom is 0.320 e. The summed E-state index contributed by atoms with van der Waals surface area (Å²) in [5, 5.41) is 12.3. The van der Waals surface area contributed by atoms with Crippen LogP contribution in [0.3, 0.4) is 0 Å². The number of ether oxygens (including phenoxy) is 1. The molecule has 1 heterocycles. The molecule has 1 aliphatic heterocycles. The molecule has 132 valence electrons. The summed E-state index contributed by atoms with van der Waals surface area (Å²) in [6.07, 6.45) is 2.10. The zero-order valence-electron chi connectivity index (χ0n) is 14.4. The fourth-order valence-corrected chi connectivity index (χ4v) is 3.31. The highest BCUT2D eigenvalue weighted by molar-refractivity contribution is 5.78. The number of methoxy groups -OCH3 is 1. The van der Waals surface area contributed by atoms with Crippen LogP contribution in [0, 0.1) is 11.8 Å². The van der Waals surface area contributed by atoms with Crippen molar-refractivity contribution in [1.82, 2.24) is 10.2 Å². The first-order valence-electron chi connectivity index (χ1n) is 8.11. The van der Waals surface area contributed by atoms with E-state index in [4.69, 9.17) is 4.74 Å². The van der Waals surface area contributed by atoms with Gasteiger partial charge in [-0.1, -0.05) is 13.3 Å². The van der Waals surface area contributed by atoms with Crippen LogP contribution in [0.5, 0.6) is 0 Å². The van der Waals surface area contributed by atoms with E-state index in [0.717, 1.165) is 12.8 Å². The van der Waals surface area contributed by atoms with Gasteiger partial charge in [-0.25, -0.2) is 0 Å². The average Bonchev–Trinajstić information content (AvgIpc) is 2.89. The van der Waals surface area contributed by atoms with E-state index in [-0.39, 0.29) is 30.3 Å². The second-order valence-corrected chi connectivity index (χ2v) is 6.30. The molecular formula is C16H28N2O5. The van der Waals surface area contributed by atoms with Gasteiger partial charge in [0.05, 0.1) is 13.0 Å². The summed E-state index contributed by atoms with van der Waals surface area (Å²) in [5.41, 5.74) is 0. The topological polar surface area (TPSA) is 95.9 Å². The Balaban J connectivity index is 2.80. The van der Waals surface area contributed by atoms with Crippen molar-refractivity contribution in [3.8, 4) is 0 Å². The van der Waals surface area contributed by atoms with Gasteiger partial charge >= 0.3 is 11.9 Å². The SMILES string of the molecule is CCCC(CN1CC(C(=O)OC)CC1C(=O)O)C(C)NC(C)=O. The minimum absolute atomic E-state index is 0.0425. The number of carbonyl (C=O) groups excluding carboxylic acids is 2. The van der Waals surface area contributed by atoms with Crippen LogP contribution in [-0.4, -0.2) is 60.1 Å². The summed E-state index contributed by atoms with van der Waals surface area (Å²) in [4.78, 5) is 36.3. The predicted molar refractivity (Wildman–Crippen MR) is 84.8 cm³/mol. The summed E-state index contributed by atoms with van der Waals surface area (Å²) in [7, 11) is 1.32. The quantitative estimate of drug-likeness (QED) is 0.642. The van der Waals surface area contributed by atoms with Gasteiger partial charge in [-0.15, -0.1) is 0 Å². The second-order valence-electron chi connectivity index (χ2n) is 6.30. The number of hydrogen-bond acceptors (Lipinski definition) is 5. The Morgan fingerprint density at radius 1 is 1.39 bits per heavy atom. The Morgan fingerprint density at radius 3 is 2.52 bits per heavy atom. The third-order valence-corrected chi connectivity index (χ3v) is 4.49. The van der Waals surface area contributed by atoms with Crippen molar-refractivity contribution >= 4 is 17.8 Å². The number of nitrogens with zero attached hydrogens (tertiary/aromatic N) is 1. The summed E-state index contributed by atoms with van der Waals surface area (Å²) in [6, 6.07) is -0.720. The zero-order valence-corrected chi connectivity index (χ0v) is 14.4. The number of carboxylic acids is 1. The molecule has 23 heavy (non-hydrogen) atoms. The molecule has 0 radical (unpaired) electrons. The summed E-state index contributed by atoms with van der Waals surface area (Å²) >= 11 is 0. The Bertz CT molecular complexity index is 440. The maximum absolute atomic E-state index is 11.7. The van der Waals surface area contributed by atoms with Gasteiger partial charge in [-0.3, -0.25) is 19.3 Å². The molecule has 1 rings (SSSR count). The van der Waals surface area contributed by atoms with E-state index in [0.29, 0.717) is 13.1 Å². The van der Waals surface area contributed by atoms with Gasteiger partial charge < -0.3 is 15.2 Å². The Labute approximate surface area is 137 Å². The van der Waals surface area contributed by atoms with Crippen LogP contribution in [0.1, 0.15) is 40.0 Å². The van der Waals surface area contributed by atoms with Crippen LogP contribution in [0.25, 0.3) is 0 Å². The highest BCUT2D eigenvalue weighted by atomic mass is 16.5. The first-order valence-corrected chi connectivity index (χ1v) is 8.11. The first-order chi connectivity index (χ1) is 10.8. The third kappa shape index (κ3) is 5.49. The molecule has 0 spiro atoms. The molecule has 1 saturated heterocycles. The highest BCUT2D eigenvalue weighted by Crippen LogP contribution is 2.27. The van der Waals surface area contributed by atoms with Gasteiger partial charge in [-0.05, 0) is 25.7 Å². The first kappa shape index (κ1) is 19.4. The van der Waals surface area contributed by atoms with E-state index in [9.17, 15) is 19.5 Å². The molecule has 4 unspecified atom stereocenters. The molecule has 7 heteroatoms. The summed E-state index contributed by atoms with van der Waals surface area (Å²) in [5.74, 6) is -1.64. The Morgan fingerprint density at radius 2 is 2.04 bits per heavy atom. The third-order valence-electron chi connectivity index (χ3n) is 4.49. The smallest absolute Gasteiger partial charge is 0.320 e. The van der Waals surface area contributed by atoms with Crippen LogP contribution >= 0.6 is 0 Å². The monoisotopic (exact) mass is 328 g/mol. The van der Waals surface area contributed by atoms with Gasteiger partial charge in [-0.2, -0.15) is 0 Å². The number of esters is 1. The fourth-order valence-electron chi connectivity index (χ4n) is 3.31. The largest absolute Gasteiger partial charge is 0.480 e. The van der Waals surface area contributed by atoms with Gasteiger partial charge in [0.1, 0.15) is 6.04 Å². The summed E-state index contributed by atoms with van der Waals surface area (Å²) in [6.45, 7) is 6.40. The van der Waals surface area contributed by atoms with Crippen molar-refractivity contribution < 1.29 is 24.2 Å². The minimum Gasteiger partial charge on any atom is -0.480 e. The van der Waals surface area contributed by atoms with E-state index in [1.54, 1.807) is 0 Å². The lowest BCUT2D eigenvalue weighted by Crippen LogP contribution is -2.45. The minimum atomic E-state index is -0.918. The van der Waals surface area contributed by atoms with Crippen molar-refractivity contribution in [1.29, 1.82) is 0 Å². The molecule has 7 nitrogen and oxygen atoms in total. The van der Waals surface area contributed by atoms with Crippen LogP contribution < -0.4 is 5.32 Å². The normalized spacial score (nSPS) is 24.0. The lowest BCUT2D eigenvalue weighted by Gasteiger charge is -2.30. The van der Waals surface area contributed by atoms with Gasteiger partial charge in [0.2, 0.25) is 5.91 Å². The Kier molecular flexibility index (Phi) is 7.48. The van der Waals surface area contributed by atoms with Crippen molar-refractivity contribution in [2.45, 2.75) is 52.1 Å². The number of nitrogens with one attached hydrogen (secondary N) is 1. The van der Waals surface area contributed by atoms with Crippen molar-refractivity contribution in [3.05, 3.63) is 0 Å². The molecule has 2 N–H and O–H groups in total. The standard InChI is InChI=1S/C16H28N2O5/c1-5-6-12(10(2)17-11(3)19)8-18-9-13(16(22)23-4)7-14(18)15(20)21/h10,12-14H,5-9H2,1-4H3,(H,17,19)(H,20,21). The van der Waals surface area contributed by atoms with E-state index in [2.05, 4.69) is 12.2 Å². The van der Waals surface area contributed by atoms with Gasteiger partial charge in [0, 0.05) is 26.1 Å². The van der Waals surface area contributed by atoms with Gasteiger partial charge in [0.15, 0.2) is 0 Å². The van der Waals surface area contributed by atoms with E-state index in [1.165, 1.54) is 14.0 Å². The lowest BCUT2D eigenvalue weighted by atomic mass is 9.95. The van der Waals surface area contributed by atoms with Crippen molar-refractivity contribution in [2.24, 2.45) is 11.8 Å². The van der Waals surface area contributed by atoms with E-state index >= 15 is 0 Å². The zero-order chi connectivity index (χ0) is 17.6. The number of amides is 1. The number of aliphatic carboxylic acids is 1. The molecule has 0 bridgehead atoms. The molecular weight excluding hydrogens is 300 g/mol. The maximum atomic E-state index is 11.7. The number of likely N-dealkylation sites (tertiary alicyclic amines) is 1. The van der Waals surface area contributed by atoms with Gasteiger partial charge in [0.25, 0.3) is 0 Å². The molecule has 0 aromatic rings. The molecule has 0 aliphatic carbocycles. The van der Waals surface area contributed by atoms with Crippen LogP contribution in [0.15, 0.2) is 0 Å². The number of carboxylic acid groups (broad SMARTS) is 1. The number of rotatable bonds is 8. The van der Waals surface area contributed by atoms with E-state index in [1.807, 2.05) is 11.8 Å². The number of hydrogen-bond donors (Lipinski definition) is 2. The molecule has 4 atom stereocenters. The lowest BCUT2D eigenvalue weighted by molar-refractivity contribution is -0.145. The number of carbonyl (C=O) groups is 3. The average molecular weight is 328 g/mol. The van der Waals surface area contributed by atoms with Crippen LogP contribution in [0.2, 0.25) is 0 Å². The van der Waals surface area contributed by atoms with Crippen LogP contribution in [0.4, 0.5) is 0 Å². The van der Waals surface area contributed by atoms with Crippen molar-refractivity contribution in [3.63, 3.8) is 0 Å². The van der Waals surface area contributed by atoms with E-state index < -0.39 is 17.9 Å². The second kappa shape index (κ2) is 8.86. The molecule has 0 aromatic carbocycles. The fraction of sp³-hybridized carbons (Fsp3) is 0.812. The molecule has 1 aliphatic rings. The Hall–Kier alpha value is -1.63. The molecule has 1 amide bonds. The van der Waals surface area contributed by atoms with Crippen molar-refractivity contribution in [2.75, 3.05) is 20.2 Å². The molecule has 1 fully saturated rings. The molecule has 0 aromatic heterocycles. The highest BCUT2D eigenvalue weighted by Gasteiger charge is 2.41. The van der Waals surface area contributed by atoms with Crippen LogP contribution in [-0.2, 0) is 19.1 Å².